The fraction of sp³-hybridized carbons (Fsp3) is 0.375. The number of carbonyl (C=O) groups is 1. The van der Waals surface area contributed by atoms with E-state index in [9.17, 15) is 4.79 Å². The van der Waals surface area contributed by atoms with Crippen molar-refractivity contribution in [3.05, 3.63) is 59.3 Å². The standard InChI is InChI=1S/C16H22N2O.C8H9NO2/c1-12-10-15(19-2)14(13-6-7-17-16(12)13)11-18-8-4-3-5-9-18;1-9-7-5-3-2-4-6(7)8(10)11/h6-7,10,17H,3-5,8-9,11H2,1-2H3;2-5,9H,1H3,(H,10,11). The first-order valence-corrected chi connectivity index (χ1v) is 10.4. The lowest BCUT2D eigenvalue weighted by molar-refractivity contribution is 0.0698. The molecule has 1 aliphatic rings. The van der Waals surface area contributed by atoms with Crippen LogP contribution in [-0.2, 0) is 6.54 Å². The largest absolute Gasteiger partial charge is 0.496 e. The van der Waals surface area contributed by atoms with Crippen LogP contribution in [0.4, 0.5) is 5.69 Å². The second kappa shape index (κ2) is 10.2. The maximum Gasteiger partial charge on any atom is 0.337 e. The molecule has 0 radical (unpaired) electrons. The van der Waals surface area contributed by atoms with Gasteiger partial charge in [-0.3, -0.25) is 4.90 Å². The number of carboxylic acid groups (broad SMARTS) is 1. The molecule has 0 saturated carbocycles. The summed E-state index contributed by atoms with van der Waals surface area (Å²) in [6.07, 6.45) is 6.05. The van der Waals surface area contributed by atoms with Gasteiger partial charge in [-0.1, -0.05) is 18.6 Å². The topological polar surface area (TPSA) is 77.6 Å². The molecular weight excluding hydrogens is 378 g/mol. The normalized spacial score (nSPS) is 14.1. The second-order valence-electron chi connectivity index (χ2n) is 7.58. The van der Waals surface area contributed by atoms with Gasteiger partial charge in [0.25, 0.3) is 0 Å². The number of hydrogen-bond donors (Lipinski definition) is 3. The van der Waals surface area contributed by atoms with Crippen molar-refractivity contribution in [3.8, 4) is 5.75 Å². The van der Waals surface area contributed by atoms with Gasteiger partial charge in [-0.15, -0.1) is 0 Å². The zero-order valence-electron chi connectivity index (χ0n) is 18.0. The van der Waals surface area contributed by atoms with Gasteiger partial charge in [0.2, 0.25) is 0 Å². The number of nitrogens with zero attached hydrogens (tertiary/aromatic N) is 1. The van der Waals surface area contributed by atoms with Gasteiger partial charge < -0.3 is 20.1 Å². The van der Waals surface area contributed by atoms with Crippen molar-refractivity contribution in [2.24, 2.45) is 0 Å². The van der Waals surface area contributed by atoms with Crippen molar-refractivity contribution >= 4 is 22.6 Å². The number of benzene rings is 2. The summed E-state index contributed by atoms with van der Waals surface area (Å²) in [6, 6.07) is 11.1. The highest BCUT2D eigenvalue weighted by Gasteiger charge is 2.17. The third kappa shape index (κ3) is 4.94. The van der Waals surface area contributed by atoms with Crippen molar-refractivity contribution in [1.29, 1.82) is 0 Å². The van der Waals surface area contributed by atoms with Gasteiger partial charge in [-0.05, 0) is 62.7 Å². The van der Waals surface area contributed by atoms with E-state index in [2.05, 4.69) is 34.3 Å². The number of H-pyrrole nitrogens is 1. The van der Waals surface area contributed by atoms with Gasteiger partial charge in [0.05, 0.1) is 12.7 Å². The van der Waals surface area contributed by atoms with E-state index in [4.69, 9.17) is 9.84 Å². The summed E-state index contributed by atoms with van der Waals surface area (Å²) in [5, 5.41) is 12.8. The number of aromatic amines is 1. The highest BCUT2D eigenvalue weighted by atomic mass is 16.5. The maximum absolute atomic E-state index is 10.5. The van der Waals surface area contributed by atoms with Gasteiger partial charge >= 0.3 is 5.97 Å². The highest BCUT2D eigenvalue weighted by molar-refractivity contribution is 5.94. The fourth-order valence-electron chi connectivity index (χ4n) is 4.01. The molecule has 6 nitrogen and oxygen atoms in total. The molecule has 2 aromatic carbocycles. The van der Waals surface area contributed by atoms with E-state index < -0.39 is 5.97 Å². The molecule has 2 heterocycles. The molecule has 1 aliphatic heterocycles. The molecule has 0 spiro atoms. The molecular formula is C24H31N3O3. The zero-order chi connectivity index (χ0) is 21.5. The van der Waals surface area contributed by atoms with Crippen LogP contribution in [0.1, 0.15) is 40.7 Å². The van der Waals surface area contributed by atoms with E-state index in [0.717, 1.165) is 12.3 Å². The molecule has 4 rings (SSSR count). The Kier molecular flexibility index (Phi) is 7.36. The number of likely N-dealkylation sites (tertiary alicyclic amines) is 1. The monoisotopic (exact) mass is 409 g/mol. The number of piperidine rings is 1. The number of anilines is 1. The smallest absolute Gasteiger partial charge is 0.337 e. The zero-order valence-corrected chi connectivity index (χ0v) is 18.0. The van der Waals surface area contributed by atoms with Crippen molar-refractivity contribution in [3.63, 3.8) is 0 Å². The molecule has 0 atom stereocenters. The van der Waals surface area contributed by atoms with Crippen molar-refractivity contribution in [2.45, 2.75) is 32.7 Å². The third-order valence-electron chi connectivity index (χ3n) is 5.59. The Bertz CT molecular complexity index is 991. The molecule has 0 aliphatic carbocycles. The molecule has 160 valence electrons. The summed E-state index contributed by atoms with van der Waals surface area (Å²) >= 11 is 0. The number of para-hydroxylation sites is 1. The van der Waals surface area contributed by atoms with E-state index in [-0.39, 0.29) is 0 Å². The number of aryl methyl sites for hydroxylation is 1. The summed E-state index contributed by atoms with van der Waals surface area (Å²) in [6.45, 7) is 5.55. The van der Waals surface area contributed by atoms with Crippen LogP contribution >= 0.6 is 0 Å². The third-order valence-corrected chi connectivity index (χ3v) is 5.59. The first-order valence-electron chi connectivity index (χ1n) is 10.4. The Hall–Kier alpha value is -2.99. The predicted molar refractivity (Wildman–Crippen MR) is 122 cm³/mol. The molecule has 0 unspecified atom stereocenters. The van der Waals surface area contributed by atoms with Crippen LogP contribution in [-0.4, -0.2) is 48.2 Å². The molecule has 0 bridgehead atoms. The van der Waals surface area contributed by atoms with Crippen molar-refractivity contribution in [2.75, 3.05) is 32.6 Å². The molecule has 0 amide bonds. The highest BCUT2D eigenvalue weighted by Crippen LogP contribution is 2.32. The van der Waals surface area contributed by atoms with Crippen LogP contribution in [0.5, 0.6) is 5.75 Å². The number of hydrogen-bond acceptors (Lipinski definition) is 4. The number of fused-ring (bicyclic) bond motifs is 1. The Labute approximate surface area is 177 Å². The first-order chi connectivity index (χ1) is 14.5. The molecule has 3 N–H and O–H groups in total. The van der Waals surface area contributed by atoms with E-state index >= 15 is 0 Å². The van der Waals surface area contributed by atoms with Crippen molar-refractivity contribution in [1.82, 2.24) is 9.88 Å². The number of aromatic nitrogens is 1. The average molecular weight is 410 g/mol. The molecule has 30 heavy (non-hydrogen) atoms. The fourth-order valence-corrected chi connectivity index (χ4v) is 4.01. The van der Waals surface area contributed by atoms with Crippen molar-refractivity contribution < 1.29 is 14.6 Å². The lowest BCUT2D eigenvalue weighted by Gasteiger charge is -2.27. The number of nitrogens with one attached hydrogen (secondary N) is 2. The van der Waals surface area contributed by atoms with Gasteiger partial charge in [-0.25, -0.2) is 4.79 Å². The molecule has 3 aromatic rings. The number of aromatic carboxylic acids is 1. The summed E-state index contributed by atoms with van der Waals surface area (Å²) in [7, 11) is 3.47. The van der Waals surface area contributed by atoms with E-state index in [1.54, 1.807) is 38.4 Å². The minimum absolute atomic E-state index is 0.301. The SMILES string of the molecule is CNc1ccccc1C(=O)O.COc1cc(C)c2[nH]ccc2c1CN1CCCCC1. The lowest BCUT2D eigenvalue weighted by atomic mass is 10.0. The number of carboxylic acids is 1. The maximum atomic E-state index is 10.5. The molecule has 1 aromatic heterocycles. The van der Waals surface area contributed by atoms with E-state index in [1.807, 2.05) is 6.20 Å². The van der Waals surface area contributed by atoms with E-state index in [1.165, 1.54) is 54.4 Å². The Morgan fingerprint density at radius 3 is 2.57 bits per heavy atom. The average Bonchev–Trinajstić information content (AvgIpc) is 3.27. The summed E-state index contributed by atoms with van der Waals surface area (Å²) < 4.78 is 5.60. The predicted octanol–water partition coefficient (Wildman–Crippen LogP) is 4.90. The number of ether oxygens (including phenoxy) is 1. The molecule has 6 heteroatoms. The summed E-state index contributed by atoms with van der Waals surface area (Å²) in [4.78, 5) is 16.4. The molecule has 1 saturated heterocycles. The van der Waals surface area contributed by atoms with Crippen LogP contribution in [0.3, 0.4) is 0 Å². The second-order valence-corrected chi connectivity index (χ2v) is 7.58. The lowest BCUT2D eigenvalue weighted by Crippen LogP contribution is -2.29. The van der Waals surface area contributed by atoms with Gasteiger partial charge in [0.1, 0.15) is 5.75 Å². The first kappa shape index (κ1) is 21.7. The Morgan fingerprint density at radius 1 is 1.20 bits per heavy atom. The quantitative estimate of drug-likeness (QED) is 0.559. The minimum Gasteiger partial charge on any atom is -0.496 e. The van der Waals surface area contributed by atoms with Crippen LogP contribution in [0.25, 0.3) is 10.9 Å². The summed E-state index contributed by atoms with van der Waals surface area (Å²) in [5.74, 6) is 0.116. The van der Waals surface area contributed by atoms with E-state index in [0.29, 0.717) is 11.3 Å². The molecule has 1 fully saturated rings. The van der Waals surface area contributed by atoms with Gasteiger partial charge in [0, 0.05) is 41.9 Å². The van der Waals surface area contributed by atoms with Crippen LogP contribution < -0.4 is 10.1 Å². The Morgan fingerprint density at radius 2 is 1.93 bits per heavy atom. The number of methoxy groups -OCH3 is 1. The van der Waals surface area contributed by atoms with Gasteiger partial charge in [-0.2, -0.15) is 0 Å². The van der Waals surface area contributed by atoms with Gasteiger partial charge in [0.15, 0.2) is 0 Å². The Balaban J connectivity index is 0.000000199. The summed E-state index contributed by atoms with van der Waals surface area (Å²) in [5.41, 5.74) is 4.76. The van der Waals surface area contributed by atoms with Crippen LogP contribution in [0.2, 0.25) is 0 Å². The van der Waals surface area contributed by atoms with Crippen LogP contribution in [0.15, 0.2) is 42.6 Å². The van der Waals surface area contributed by atoms with Crippen LogP contribution in [0, 0.1) is 6.92 Å². The minimum atomic E-state index is -0.907. The number of rotatable bonds is 5.